The SMILES string of the molecule is Cc1cc2ccccc2n1CCNc1cc(-c2ccc(-c3nnc(N)s3)cc2)ncn1. The van der Waals surface area contributed by atoms with E-state index in [2.05, 4.69) is 67.3 Å². The molecule has 0 unspecified atom stereocenters. The van der Waals surface area contributed by atoms with E-state index in [0.717, 1.165) is 40.7 Å². The van der Waals surface area contributed by atoms with Crippen LogP contribution in [0.3, 0.4) is 0 Å². The third-order valence-corrected chi connectivity index (χ3v) is 6.00. The van der Waals surface area contributed by atoms with Gasteiger partial charge in [0.2, 0.25) is 5.13 Å². The van der Waals surface area contributed by atoms with Crippen molar-refractivity contribution < 1.29 is 0 Å². The molecule has 0 radical (unpaired) electrons. The average Bonchev–Trinajstić information content (AvgIpc) is 3.37. The van der Waals surface area contributed by atoms with Crippen LogP contribution >= 0.6 is 11.3 Å². The molecule has 5 rings (SSSR count). The van der Waals surface area contributed by atoms with Crippen molar-refractivity contribution in [3.63, 3.8) is 0 Å². The van der Waals surface area contributed by atoms with Gasteiger partial charge in [-0.3, -0.25) is 0 Å². The summed E-state index contributed by atoms with van der Waals surface area (Å²) in [6.07, 6.45) is 1.59. The number of nitrogens with zero attached hydrogens (tertiary/aromatic N) is 5. The molecule has 3 aromatic heterocycles. The molecule has 5 aromatic rings. The van der Waals surface area contributed by atoms with Gasteiger partial charge in [-0.25, -0.2) is 9.97 Å². The molecule has 0 atom stereocenters. The molecule has 0 saturated carbocycles. The highest BCUT2D eigenvalue weighted by Gasteiger charge is 2.08. The second kappa shape index (κ2) is 8.16. The first kappa shape index (κ1) is 19.2. The minimum Gasteiger partial charge on any atom is -0.374 e. The quantitative estimate of drug-likeness (QED) is 0.411. The van der Waals surface area contributed by atoms with Gasteiger partial charge in [-0.05, 0) is 24.4 Å². The second-order valence-corrected chi connectivity index (χ2v) is 8.24. The summed E-state index contributed by atoms with van der Waals surface area (Å²) in [6, 6.07) is 20.7. The molecule has 3 N–H and O–H groups in total. The first-order valence-electron chi connectivity index (χ1n) is 9.98. The normalized spacial score (nSPS) is 11.1. The molecular formula is C23H21N7S. The Bertz CT molecular complexity index is 1340. The molecule has 8 heteroatoms. The van der Waals surface area contributed by atoms with Crippen molar-refractivity contribution in [3.8, 4) is 21.8 Å². The standard InChI is InChI=1S/C23H21N7S/c1-15-12-18-4-2-3-5-20(18)30(15)11-10-25-21-13-19(26-14-27-21)16-6-8-17(9-7-16)22-28-29-23(24)31-22/h2-9,12-14H,10-11H2,1H3,(H2,24,29)(H,25,26,27). The van der Waals surface area contributed by atoms with E-state index < -0.39 is 0 Å². The fourth-order valence-electron chi connectivity index (χ4n) is 3.69. The number of para-hydroxylation sites is 1. The number of hydrogen-bond donors (Lipinski definition) is 2. The van der Waals surface area contributed by atoms with Gasteiger partial charge in [0.1, 0.15) is 17.2 Å². The number of hydrogen-bond acceptors (Lipinski definition) is 7. The van der Waals surface area contributed by atoms with Gasteiger partial charge < -0.3 is 15.6 Å². The summed E-state index contributed by atoms with van der Waals surface area (Å²) in [5.41, 5.74) is 11.0. The van der Waals surface area contributed by atoms with Gasteiger partial charge in [0.05, 0.1) is 5.69 Å². The molecular weight excluding hydrogens is 406 g/mol. The van der Waals surface area contributed by atoms with Crippen LogP contribution in [0.25, 0.3) is 32.7 Å². The van der Waals surface area contributed by atoms with Crippen LogP contribution in [0.15, 0.2) is 67.0 Å². The van der Waals surface area contributed by atoms with Crippen molar-refractivity contribution in [2.24, 2.45) is 0 Å². The highest BCUT2D eigenvalue weighted by atomic mass is 32.1. The molecule has 2 aromatic carbocycles. The number of benzene rings is 2. The van der Waals surface area contributed by atoms with Gasteiger partial charge in [-0.2, -0.15) is 0 Å². The van der Waals surface area contributed by atoms with Gasteiger partial charge in [0, 0.05) is 41.5 Å². The molecule has 0 fully saturated rings. The van der Waals surface area contributed by atoms with E-state index in [1.807, 2.05) is 30.3 Å². The minimum atomic E-state index is 0.466. The molecule has 0 spiro atoms. The predicted octanol–water partition coefficient (Wildman–Crippen LogP) is 4.62. The van der Waals surface area contributed by atoms with Gasteiger partial charge in [-0.1, -0.05) is 53.8 Å². The van der Waals surface area contributed by atoms with Gasteiger partial charge in [0.15, 0.2) is 0 Å². The number of anilines is 2. The Hall–Kier alpha value is -3.78. The number of nitrogen functional groups attached to an aromatic ring is 1. The Balaban J connectivity index is 1.28. The van der Waals surface area contributed by atoms with E-state index in [-0.39, 0.29) is 0 Å². The van der Waals surface area contributed by atoms with E-state index >= 15 is 0 Å². The lowest BCUT2D eigenvalue weighted by Gasteiger charge is -2.11. The fourth-order valence-corrected chi connectivity index (χ4v) is 4.30. The van der Waals surface area contributed by atoms with Crippen LogP contribution in [0.1, 0.15) is 5.69 Å². The predicted molar refractivity (Wildman–Crippen MR) is 126 cm³/mol. The second-order valence-electron chi connectivity index (χ2n) is 7.23. The highest BCUT2D eigenvalue weighted by molar-refractivity contribution is 7.18. The number of aromatic nitrogens is 5. The minimum absolute atomic E-state index is 0.466. The lowest BCUT2D eigenvalue weighted by Crippen LogP contribution is -2.12. The maximum Gasteiger partial charge on any atom is 0.203 e. The zero-order valence-corrected chi connectivity index (χ0v) is 17.8. The van der Waals surface area contributed by atoms with Crippen LogP contribution in [0, 0.1) is 6.92 Å². The van der Waals surface area contributed by atoms with Crippen LogP contribution in [-0.2, 0) is 6.54 Å². The Morgan fingerprint density at radius 1 is 0.968 bits per heavy atom. The summed E-state index contributed by atoms with van der Waals surface area (Å²) in [5, 5.41) is 13.9. The molecule has 0 bridgehead atoms. The molecule has 0 saturated heterocycles. The molecule has 0 aliphatic rings. The van der Waals surface area contributed by atoms with E-state index in [1.54, 1.807) is 6.33 Å². The zero-order valence-electron chi connectivity index (χ0n) is 17.0. The fraction of sp³-hybridized carbons (Fsp3) is 0.130. The van der Waals surface area contributed by atoms with E-state index in [0.29, 0.717) is 5.13 Å². The van der Waals surface area contributed by atoms with Crippen molar-refractivity contribution in [1.82, 2.24) is 24.7 Å². The summed E-state index contributed by atoms with van der Waals surface area (Å²) in [5.74, 6) is 0.806. The lowest BCUT2D eigenvalue weighted by molar-refractivity contribution is 0.733. The van der Waals surface area contributed by atoms with Gasteiger partial charge in [0.25, 0.3) is 0 Å². The molecule has 31 heavy (non-hydrogen) atoms. The smallest absolute Gasteiger partial charge is 0.203 e. The Morgan fingerprint density at radius 3 is 2.58 bits per heavy atom. The van der Waals surface area contributed by atoms with Crippen molar-refractivity contribution in [3.05, 3.63) is 72.7 Å². The number of fused-ring (bicyclic) bond motifs is 1. The summed E-state index contributed by atoms with van der Waals surface area (Å²) >= 11 is 1.37. The van der Waals surface area contributed by atoms with Gasteiger partial charge in [-0.15, -0.1) is 10.2 Å². The van der Waals surface area contributed by atoms with Gasteiger partial charge >= 0.3 is 0 Å². The maximum atomic E-state index is 5.68. The summed E-state index contributed by atoms with van der Waals surface area (Å²) in [7, 11) is 0. The summed E-state index contributed by atoms with van der Waals surface area (Å²) in [4.78, 5) is 8.80. The summed E-state index contributed by atoms with van der Waals surface area (Å²) < 4.78 is 2.32. The Morgan fingerprint density at radius 2 is 1.77 bits per heavy atom. The summed E-state index contributed by atoms with van der Waals surface area (Å²) in [6.45, 7) is 3.77. The molecule has 0 amide bonds. The maximum absolute atomic E-state index is 5.68. The van der Waals surface area contributed by atoms with Crippen molar-refractivity contribution in [2.75, 3.05) is 17.6 Å². The van der Waals surface area contributed by atoms with E-state index in [9.17, 15) is 0 Å². The molecule has 0 aliphatic carbocycles. The van der Waals surface area contributed by atoms with Crippen molar-refractivity contribution in [2.45, 2.75) is 13.5 Å². The third-order valence-electron chi connectivity index (χ3n) is 5.19. The molecule has 0 aliphatic heterocycles. The lowest BCUT2D eigenvalue weighted by atomic mass is 10.1. The molecule has 3 heterocycles. The van der Waals surface area contributed by atoms with Crippen LogP contribution in [0.4, 0.5) is 10.9 Å². The van der Waals surface area contributed by atoms with Crippen LogP contribution < -0.4 is 11.1 Å². The monoisotopic (exact) mass is 427 g/mol. The van der Waals surface area contributed by atoms with Crippen molar-refractivity contribution >= 4 is 33.2 Å². The van der Waals surface area contributed by atoms with E-state index in [4.69, 9.17) is 5.73 Å². The van der Waals surface area contributed by atoms with Crippen LogP contribution in [0.2, 0.25) is 0 Å². The Kier molecular flexibility index (Phi) is 5.05. The topological polar surface area (TPSA) is 94.5 Å². The van der Waals surface area contributed by atoms with Crippen LogP contribution in [-0.4, -0.2) is 31.3 Å². The largest absolute Gasteiger partial charge is 0.374 e. The van der Waals surface area contributed by atoms with Crippen LogP contribution in [0.5, 0.6) is 0 Å². The Labute approximate surface area is 183 Å². The third kappa shape index (κ3) is 3.97. The first-order valence-corrected chi connectivity index (χ1v) is 10.8. The average molecular weight is 428 g/mol. The number of aryl methyl sites for hydroxylation is 1. The highest BCUT2D eigenvalue weighted by Crippen LogP contribution is 2.27. The molecule has 154 valence electrons. The number of nitrogens with two attached hydrogens (primary N) is 1. The number of nitrogens with one attached hydrogen (secondary N) is 1. The van der Waals surface area contributed by atoms with Crippen molar-refractivity contribution in [1.29, 1.82) is 0 Å². The zero-order chi connectivity index (χ0) is 21.2. The molecule has 7 nitrogen and oxygen atoms in total. The first-order chi connectivity index (χ1) is 15.2. The van der Waals surface area contributed by atoms with E-state index in [1.165, 1.54) is 27.9 Å². The number of rotatable bonds is 6.